The summed E-state index contributed by atoms with van der Waals surface area (Å²) in [5.74, 6) is 1.32. The third kappa shape index (κ3) is 2.98. The van der Waals surface area contributed by atoms with Crippen molar-refractivity contribution in [1.29, 1.82) is 0 Å². The summed E-state index contributed by atoms with van der Waals surface area (Å²) in [5.41, 5.74) is 1.96. The second-order valence-electron chi connectivity index (χ2n) is 4.84. The van der Waals surface area contributed by atoms with Crippen LogP contribution in [0.4, 0.5) is 0 Å². The number of benzene rings is 2. The Morgan fingerprint density at radius 2 is 1.87 bits per heavy atom. The summed E-state index contributed by atoms with van der Waals surface area (Å²) in [6, 6.07) is 13.8. The third-order valence-corrected chi connectivity index (χ3v) is 4.59. The molecular formula is C17H17N3O2S. The van der Waals surface area contributed by atoms with E-state index in [4.69, 9.17) is 9.47 Å². The van der Waals surface area contributed by atoms with E-state index in [1.54, 1.807) is 31.8 Å². The minimum Gasteiger partial charge on any atom is -0.493 e. The Kier molecular flexibility index (Phi) is 4.43. The molecule has 0 amide bonds. The van der Waals surface area contributed by atoms with Crippen molar-refractivity contribution < 1.29 is 9.47 Å². The van der Waals surface area contributed by atoms with Crippen molar-refractivity contribution in [2.24, 2.45) is 17.3 Å². The van der Waals surface area contributed by atoms with Gasteiger partial charge in [-0.2, -0.15) is 5.10 Å². The highest BCUT2D eigenvalue weighted by molar-refractivity contribution is 7.16. The van der Waals surface area contributed by atoms with Crippen LogP contribution in [0.25, 0.3) is 10.2 Å². The predicted octanol–water partition coefficient (Wildman–Crippen LogP) is 3.19. The first-order chi connectivity index (χ1) is 11.2. The zero-order valence-corrected chi connectivity index (χ0v) is 14.0. The van der Waals surface area contributed by atoms with E-state index in [-0.39, 0.29) is 0 Å². The van der Waals surface area contributed by atoms with Crippen molar-refractivity contribution in [3.63, 3.8) is 0 Å². The average Bonchev–Trinajstić information content (AvgIpc) is 2.91. The molecule has 0 aliphatic heterocycles. The molecule has 0 unspecified atom stereocenters. The maximum absolute atomic E-state index is 5.38. The Bertz CT molecular complexity index is 925. The molecule has 1 aromatic heterocycles. The summed E-state index contributed by atoms with van der Waals surface area (Å²) in [6.07, 6.45) is 1.67. The van der Waals surface area contributed by atoms with Crippen LogP contribution in [0.15, 0.2) is 52.7 Å². The average molecular weight is 327 g/mol. The quantitative estimate of drug-likeness (QED) is 0.546. The molecule has 118 valence electrons. The van der Waals surface area contributed by atoms with Gasteiger partial charge in [0.15, 0.2) is 11.5 Å². The van der Waals surface area contributed by atoms with E-state index < -0.39 is 0 Å². The number of nitrogens with zero attached hydrogens (tertiary/aromatic N) is 3. The maximum Gasteiger partial charge on any atom is 0.211 e. The Labute approximate surface area is 138 Å². The Morgan fingerprint density at radius 3 is 2.61 bits per heavy atom. The van der Waals surface area contributed by atoms with Crippen molar-refractivity contribution in [1.82, 2.24) is 4.57 Å². The van der Waals surface area contributed by atoms with Gasteiger partial charge in [-0.15, -0.1) is 5.10 Å². The summed E-state index contributed by atoms with van der Waals surface area (Å²) in [6.45, 7) is 0. The molecule has 0 saturated carbocycles. The maximum atomic E-state index is 5.38. The molecule has 0 fully saturated rings. The number of hydrogen-bond donors (Lipinski definition) is 0. The zero-order valence-electron chi connectivity index (χ0n) is 13.2. The smallest absolute Gasteiger partial charge is 0.211 e. The highest BCUT2D eigenvalue weighted by Crippen LogP contribution is 2.29. The first-order valence-electron chi connectivity index (χ1n) is 7.07. The molecule has 0 saturated heterocycles. The van der Waals surface area contributed by atoms with Crippen LogP contribution in [-0.2, 0) is 7.05 Å². The molecule has 0 bridgehead atoms. The minimum atomic E-state index is 0.648. The molecular weight excluding hydrogens is 310 g/mol. The van der Waals surface area contributed by atoms with Crippen LogP contribution in [0, 0.1) is 0 Å². The van der Waals surface area contributed by atoms with Crippen LogP contribution in [0.1, 0.15) is 5.56 Å². The first kappa shape index (κ1) is 15.3. The molecule has 23 heavy (non-hydrogen) atoms. The topological polar surface area (TPSA) is 48.1 Å². The lowest BCUT2D eigenvalue weighted by Gasteiger charge is -2.08. The van der Waals surface area contributed by atoms with E-state index in [2.05, 4.69) is 22.3 Å². The number of thiazole rings is 1. The van der Waals surface area contributed by atoms with Gasteiger partial charge in [0.2, 0.25) is 4.80 Å². The van der Waals surface area contributed by atoms with E-state index >= 15 is 0 Å². The van der Waals surface area contributed by atoms with Crippen LogP contribution >= 0.6 is 11.3 Å². The fourth-order valence-electron chi connectivity index (χ4n) is 2.33. The number of rotatable bonds is 4. The van der Waals surface area contributed by atoms with Gasteiger partial charge in [0.05, 0.1) is 30.7 Å². The van der Waals surface area contributed by atoms with E-state index in [0.29, 0.717) is 11.5 Å². The van der Waals surface area contributed by atoms with Crippen molar-refractivity contribution in [2.75, 3.05) is 14.2 Å². The van der Waals surface area contributed by atoms with Crippen LogP contribution in [0.5, 0.6) is 11.5 Å². The number of methoxy groups -OCH3 is 2. The standard InChI is InChI=1S/C17H17N3O2S/c1-20-13-8-4-5-10-15(13)23-17(20)19-18-11-12-7-6-9-14(21-2)16(12)22-3/h4-11H,1-3H3. The molecule has 0 aliphatic rings. The number of para-hydroxylation sites is 2. The van der Waals surface area contributed by atoms with Gasteiger partial charge in [-0.25, -0.2) is 0 Å². The van der Waals surface area contributed by atoms with Gasteiger partial charge in [-0.1, -0.05) is 29.5 Å². The van der Waals surface area contributed by atoms with Gasteiger partial charge in [-0.3, -0.25) is 0 Å². The summed E-state index contributed by atoms with van der Waals surface area (Å²) < 4.78 is 13.9. The summed E-state index contributed by atoms with van der Waals surface area (Å²) in [7, 11) is 5.21. The van der Waals surface area contributed by atoms with Gasteiger partial charge < -0.3 is 14.0 Å². The molecule has 0 N–H and O–H groups in total. The molecule has 0 aliphatic carbocycles. The number of aromatic nitrogens is 1. The zero-order chi connectivity index (χ0) is 16.2. The largest absolute Gasteiger partial charge is 0.493 e. The number of hydrogen-bond acceptors (Lipinski definition) is 5. The third-order valence-electron chi connectivity index (χ3n) is 3.49. The number of fused-ring (bicyclic) bond motifs is 1. The van der Waals surface area contributed by atoms with Crippen molar-refractivity contribution in [2.45, 2.75) is 0 Å². The first-order valence-corrected chi connectivity index (χ1v) is 7.89. The molecule has 3 rings (SSSR count). The Hall–Kier alpha value is -2.60. The van der Waals surface area contributed by atoms with E-state index in [9.17, 15) is 0 Å². The monoisotopic (exact) mass is 327 g/mol. The normalized spacial score (nSPS) is 12.2. The molecule has 3 aromatic rings. The van der Waals surface area contributed by atoms with Crippen molar-refractivity contribution in [3.05, 3.63) is 52.8 Å². The van der Waals surface area contributed by atoms with Gasteiger partial charge in [0.25, 0.3) is 0 Å². The number of aryl methyl sites for hydroxylation is 1. The number of ether oxygens (including phenoxy) is 2. The SMILES string of the molecule is COc1cccc(C=NN=c2sc3ccccc3n2C)c1OC. The fourth-order valence-corrected chi connectivity index (χ4v) is 3.31. The van der Waals surface area contributed by atoms with E-state index in [1.165, 1.54) is 4.70 Å². The van der Waals surface area contributed by atoms with Crippen LogP contribution in [-0.4, -0.2) is 25.0 Å². The van der Waals surface area contributed by atoms with Crippen molar-refractivity contribution >= 4 is 27.8 Å². The second-order valence-corrected chi connectivity index (χ2v) is 5.85. The summed E-state index contributed by atoms with van der Waals surface area (Å²) in [4.78, 5) is 0.837. The molecule has 0 spiro atoms. The highest BCUT2D eigenvalue weighted by Gasteiger charge is 2.07. The molecule has 0 radical (unpaired) electrons. The van der Waals surface area contributed by atoms with Gasteiger partial charge >= 0.3 is 0 Å². The lowest BCUT2D eigenvalue weighted by Crippen LogP contribution is -2.08. The van der Waals surface area contributed by atoms with E-state index in [1.807, 2.05) is 41.9 Å². The van der Waals surface area contributed by atoms with E-state index in [0.717, 1.165) is 15.9 Å². The predicted molar refractivity (Wildman–Crippen MR) is 93.5 cm³/mol. The van der Waals surface area contributed by atoms with Crippen LogP contribution in [0.2, 0.25) is 0 Å². The lowest BCUT2D eigenvalue weighted by atomic mass is 10.2. The summed E-state index contributed by atoms with van der Waals surface area (Å²) >= 11 is 1.60. The molecule has 0 atom stereocenters. The van der Waals surface area contributed by atoms with Crippen molar-refractivity contribution in [3.8, 4) is 11.5 Å². The lowest BCUT2D eigenvalue weighted by molar-refractivity contribution is 0.354. The van der Waals surface area contributed by atoms with Gasteiger partial charge in [-0.05, 0) is 24.3 Å². The van der Waals surface area contributed by atoms with Crippen LogP contribution in [0.3, 0.4) is 0 Å². The Balaban J connectivity index is 1.98. The van der Waals surface area contributed by atoms with Gasteiger partial charge in [0, 0.05) is 12.6 Å². The second kappa shape index (κ2) is 6.66. The fraction of sp³-hybridized carbons (Fsp3) is 0.176. The Morgan fingerprint density at radius 1 is 1.04 bits per heavy atom. The van der Waals surface area contributed by atoms with Gasteiger partial charge in [0.1, 0.15) is 0 Å². The molecule has 6 heteroatoms. The van der Waals surface area contributed by atoms with Crippen LogP contribution < -0.4 is 14.3 Å². The highest BCUT2D eigenvalue weighted by atomic mass is 32.1. The summed E-state index contributed by atoms with van der Waals surface area (Å²) in [5, 5.41) is 8.53. The minimum absolute atomic E-state index is 0.648. The molecule has 5 nitrogen and oxygen atoms in total. The molecule has 1 heterocycles. The molecule has 2 aromatic carbocycles.